The summed E-state index contributed by atoms with van der Waals surface area (Å²) in [6.45, 7) is 3.13. The molecule has 2 N–H and O–H groups in total. The number of carboxylic acids is 1. The Labute approximate surface area is 89.8 Å². The number of aliphatic carboxylic acids is 1. The molecule has 88 valence electrons. The third-order valence-corrected chi connectivity index (χ3v) is 2.65. The second kappa shape index (κ2) is 6.05. The molecule has 15 heavy (non-hydrogen) atoms. The van der Waals surface area contributed by atoms with E-state index in [1.807, 2.05) is 6.92 Å². The van der Waals surface area contributed by atoms with E-state index in [0.29, 0.717) is 13.2 Å². The Bertz CT molecular complexity index is 210. The first-order valence-corrected chi connectivity index (χ1v) is 5.28. The maximum Gasteiger partial charge on any atom is 0.304 e. The molecule has 0 heterocycles. The summed E-state index contributed by atoms with van der Waals surface area (Å²) in [6, 6.07) is 0.228. The maximum atomic E-state index is 10.3. The topological polar surface area (TPSA) is 67.8 Å². The monoisotopic (exact) mass is 217 g/mol. The van der Waals surface area contributed by atoms with Gasteiger partial charge in [0.05, 0.1) is 18.6 Å². The van der Waals surface area contributed by atoms with E-state index >= 15 is 0 Å². The molecule has 0 aromatic heterocycles. The minimum Gasteiger partial charge on any atom is -0.481 e. The zero-order valence-corrected chi connectivity index (χ0v) is 9.23. The molecule has 1 aliphatic rings. The minimum absolute atomic E-state index is 0.0544. The van der Waals surface area contributed by atoms with Crippen LogP contribution in [-0.4, -0.2) is 49.6 Å². The average molecular weight is 217 g/mol. The second-order valence-corrected chi connectivity index (χ2v) is 3.63. The van der Waals surface area contributed by atoms with Crippen molar-refractivity contribution in [1.29, 1.82) is 0 Å². The highest BCUT2D eigenvalue weighted by atomic mass is 16.5. The SMILES string of the molecule is CCOC1CC(NCCC(=O)O)C1OC. The van der Waals surface area contributed by atoms with E-state index in [4.69, 9.17) is 14.6 Å². The van der Waals surface area contributed by atoms with Crippen molar-refractivity contribution in [1.82, 2.24) is 5.32 Å². The first-order chi connectivity index (χ1) is 7.19. The van der Waals surface area contributed by atoms with Gasteiger partial charge in [-0.25, -0.2) is 0 Å². The summed E-state index contributed by atoms with van der Waals surface area (Å²) in [5, 5.41) is 11.6. The van der Waals surface area contributed by atoms with Crippen LogP contribution < -0.4 is 5.32 Å². The fraction of sp³-hybridized carbons (Fsp3) is 0.900. The van der Waals surface area contributed by atoms with Gasteiger partial charge in [0.15, 0.2) is 0 Å². The Morgan fingerprint density at radius 3 is 2.87 bits per heavy atom. The minimum atomic E-state index is -0.780. The Hall–Kier alpha value is -0.650. The molecule has 1 rings (SSSR count). The van der Waals surface area contributed by atoms with Gasteiger partial charge in [0.1, 0.15) is 0 Å². The van der Waals surface area contributed by atoms with Gasteiger partial charge >= 0.3 is 5.97 Å². The van der Waals surface area contributed by atoms with E-state index in [1.54, 1.807) is 7.11 Å². The van der Waals surface area contributed by atoms with Crippen molar-refractivity contribution in [2.75, 3.05) is 20.3 Å². The first kappa shape index (κ1) is 12.4. The van der Waals surface area contributed by atoms with Crippen LogP contribution in [0.25, 0.3) is 0 Å². The van der Waals surface area contributed by atoms with Crippen molar-refractivity contribution in [2.24, 2.45) is 0 Å². The molecular weight excluding hydrogens is 198 g/mol. The van der Waals surface area contributed by atoms with Gasteiger partial charge in [-0.2, -0.15) is 0 Å². The van der Waals surface area contributed by atoms with E-state index < -0.39 is 5.97 Å². The van der Waals surface area contributed by atoms with Gasteiger partial charge < -0.3 is 19.9 Å². The Morgan fingerprint density at radius 2 is 2.33 bits per heavy atom. The Morgan fingerprint density at radius 1 is 1.60 bits per heavy atom. The second-order valence-electron chi connectivity index (χ2n) is 3.63. The number of ether oxygens (including phenoxy) is 2. The van der Waals surface area contributed by atoms with E-state index in [1.165, 1.54) is 0 Å². The standard InChI is InChI=1S/C10H19NO4/c1-3-15-8-6-7(10(8)14-2)11-5-4-9(12)13/h7-8,10-11H,3-6H2,1-2H3,(H,12,13). The molecule has 1 fully saturated rings. The summed E-state index contributed by atoms with van der Waals surface area (Å²) in [5.41, 5.74) is 0. The van der Waals surface area contributed by atoms with Gasteiger partial charge in [0.2, 0.25) is 0 Å². The normalized spacial score (nSPS) is 29.9. The molecule has 0 radical (unpaired) electrons. The quantitative estimate of drug-likeness (QED) is 0.639. The largest absolute Gasteiger partial charge is 0.481 e. The molecule has 0 aromatic rings. The van der Waals surface area contributed by atoms with Crippen LogP contribution in [0.3, 0.4) is 0 Å². The van der Waals surface area contributed by atoms with E-state index in [-0.39, 0.29) is 24.7 Å². The Kier molecular flexibility index (Phi) is 5.01. The lowest BCUT2D eigenvalue weighted by atomic mass is 9.85. The molecule has 3 atom stereocenters. The highest BCUT2D eigenvalue weighted by Gasteiger charge is 2.41. The van der Waals surface area contributed by atoms with Crippen LogP contribution in [-0.2, 0) is 14.3 Å². The fourth-order valence-corrected chi connectivity index (χ4v) is 1.84. The summed E-state index contributed by atoms with van der Waals surface area (Å²) < 4.78 is 10.7. The summed E-state index contributed by atoms with van der Waals surface area (Å²) in [6.07, 6.45) is 1.25. The number of methoxy groups -OCH3 is 1. The lowest BCUT2D eigenvalue weighted by Gasteiger charge is -2.43. The molecular formula is C10H19NO4. The molecule has 1 saturated carbocycles. The summed E-state index contributed by atoms with van der Waals surface area (Å²) in [7, 11) is 1.65. The maximum absolute atomic E-state index is 10.3. The van der Waals surface area contributed by atoms with Gasteiger partial charge in [-0.3, -0.25) is 4.79 Å². The van der Waals surface area contributed by atoms with Crippen molar-refractivity contribution in [3.05, 3.63) is 0 Å². The molecule has 1 aliphatic carbocycles. The number of carboxylic acid groups (broad SMARTS) is 1. The van der Waals surface area contributed by atoms with Crippen molar-refractivity contribution in [3.63, 3.8) is 0 Å². The molecule has 0 saturated heterocycles. The van der Waals surface area contributed by atoms with Crippen molar-refractivity contribution in [2.45, 2.75) is 38.0 Å². The van der Waals surface area contributed by atoms with Crippen molar-refractivity contribution in [3.8, 4) is 0 Å². The molecule has 0 bridgehead atoms. The van der Waals surface area contributed by atoms with Crippen molar-refractivity contribution >= 4 is 5.97 Å². The highest BCUT2D eigenvalue weighted by Crippen LogP contribution is 2.26. The molecule has 0 amide bonds. The number of nitrogens with one attached hydrogen (secondary N) is 1. The molecule has 0 aliphatic heterocycles. The Balaban J connectivity index is 2.18. The number of hydrogen-bond acceptors (Lipinski definition) is 4. The zero-order valence-electron chi connectivity index (χ0n) is 9.23. The molecule has 0 spiro atoms. The van der Waals surface area contributed by atoms with Crippen molar-refractivity contribution < 1.29 is 19.4 Å². The number of hydrogen-bond donors (Lipinski definition) is 2. The molecule has 3 unspecified atom stereocenters. The van der Waals surface area contributed by atoms with Crippen LogP contribution in [0.4, 0.5) is 0 Å². The van der Waals surface area contributed by atoms with Gasteiger partial charge in [0.25, 0.3) is 0 Å². The van der Waals surface area contributed by atoms with Gasteiger partial charge in [-0.05, 0) is 13.3 Å². The van der Waals surface area contributed by atoms with Crippen LogP contribution >= 0.6 is 0 Å². The molecule has 0 aromatic carbocycles. The van der Waals surface area contributed by atoms with Gasteiger partial charge in [-0.15, -0.1) is 0 Å². The number of rotatable bonds is 7. The predicted octanol–water partition coefficient (Wildman–Crippen LogP) is 0.243. The third-order valence-electron chi connectivity index (χ3n) is 2.65. The van der Waals surface area contributed by atoms with Crippen LogP contribution in [0.15, 0.2) is 0 Å². The average Bonchev–Trinajstić information content (AvgIpc) is 2.15. The highest BCUT2D eigenvalue weighted by molar-refractivity contribution is 5.66. The van der Waals surface area contributed by atoms with E-state index in [9.17, 15) is 4.79 Å². The van der Waals surface area contributed by atoms with Gasteiger partial charge in [-0.1, -0.05) is 0 Å². The van der Waals surface area contributed by atoms with E-state index in [2.05, 4.69) is 5.32 Å². The fourth-order valence-electron chi connectivity index (χ4n) is 1.84. The smallest absolute Gasteiger partial charge is 0.304 e. The zero-order chi connectivity index (χ0) is 11.3. The lowest BCUT2D eigenvalue weighted by molar-refractivity contribution is -0.138. The number of carbonyl (C=O) groups is 1. The van der Waals surface area contributed by atoms with Crippen LogP contribution in [0, 0.1) is 0 Å². The van der Waals surface area contributed by atoms with Crippen LogP contribution in [0.1, 0.15) is 19.8 Å². The third kappa shape index (κ3) is 3.44. The van der Waals surface area contributed by atoms with E-state index in [0.717, 1.165) is 6.42 Å². The summed E-state index contributed by atoms with van der Waals surface area (Å²) in [5.74, 6) is -0.780. The molecule has 5 heteroatoms. The summed E-state index contributed by atoms with van der Waals surface area (Å²) >= 11 is 0. The van der Waals surface area contributed by atoms with Crippen LogP contribution in [0.2, 0.25) is 0 Å². The van der Waals surface area contributed by atoms with Crippen LogP contribution in [0.5, 0.6) is 0 Å². The summed E-state index contributed by atoms with van der Waals surface area (Å²) in [4.78, 5) is 10.3. The first-order valence-electron chi connectivity index (χ1n) is 5.28. The lowest BCUT2D eigenvalue weighted by Crippen LogP contribution is -2.60. The molecule has 5 nitrogen and oxygen atoms in total. The predicted molar refractivity (Wildman–Crippen MR) is 54.9 cm³/mol. The van der Waals surface area contributed by atoms with Gasteiger partial charge in [0, 0.05) is 26.3 Å².